The second-order valence-corrected chi connectivity index (χ2v) is 10.6. The first kappa shape index (κ1) is 19.0. The lowest BCUT2D eigenvalue weighted by Gasteiger charge is -2.26. The smallest absolute Gasteiger partial charge is 0.317 e. The molecule has 1 aromatic rings. The van der Waals surface area contributed by atoms with Crippen molar-refractivity contribution in [2.45, 2.75) is 12.8 Å². The van der Waals surface area contributed by atoms with Crippen LogP contribution in [0.15, 0.2) is 22.1 Å². The Labute approximate surface area is 180 Å². The average Bonchev–Trinajstić information content (AvgIpc) is 2.90. The van der Waals surface area contributed by atoms with Crippen molar-refractivity contribution in [3.05, 3.63) is 22.1 Å². The number of rotatable bonds is 6. The van der Waals surface area contributed by atoms with Gasteiger partial charge in [0.1, 0.15) is 0 Å². The van der Waals surface area contributed by atoms with Gasteiger partial charge in [-0.25, -0.2) is 9.78 Å². The molecule has 2 heterocycles. The Hall–Kier alpha value is -1.94. The van der Waals surface area contributed by atoms with Crippen LogP contribution in [0.25, 0.3) is 0 Å². The summed E-state index contributed by atoms with van der Waals surface area (Å²) in [5, 5.41) is 9.18. The third kappa shape index (κ3) is 3.16. The molecule has 1 saturated heterocycles. The van der Waals surface area contributed by atoms with Crippen molar-refractivity contribution in [1.82, 2.24) is 20.5 Å². The minimum atomic E-state index is -0.384. The van der Waals surface area contributed by atoms with Gasteiger partial charge in [0, 0.05) is 26.2 Å². The minimum Gasteiger partial charge on any atom is -0.354 e. The summed E-state index contributed by atoms with van der Waals surface area (Å²) < 4.78 is 0.847. The molecule has 8 nitrogen and oxygen atoms in total. The first-order valence-corrected chi connectivity index (χ1v) is 11.5. The van der Waals surface area contributed by atoms with Crippen molar-refractivity contribution in [1.29, 1.82) is 0 Å². The zero-order valence-corrected chi connectivity index (χ0v) is 18.1. The number of anilines is 1. The molecule has 4 aliphatic rings. The maximum Gasteiger partial charge on any atom is 0.317 e. The average molecular weight is 480 g/mol. The molecule has 5 rings (SSSR count). The predicted molar refractivity (Wildman–Crippen MR) is 111 cm³/mol. The summed E-state index contributed by atoms with van der Waals surface area (Å²) >= 11 is 4.72. The van der Waals surface area contributed by atoms with E-state index in [1.165, 1.54) is 11.3 Å². The van der Waals surface area contributed by atoms with Crippen LogP contribution in [0.5, 0.6) is 0 Å². The van der Waals surface area contributed by atoms with Crippen LogP contribution >= 0.6 is 27.3 Å². The number of amides is 4. The molecule has 3 N–H and O–H groups in total. The maximum atomic E-state index is 13.1. The number of nitrogens with zero attached hydrogens (tertiary/aromatic N) is 2. The first-order valence-electron chi connectivity index (χ1n) is 9.91. The molecule has 2 bridgehead atoms. The topological polar surface area (TPSA) is 103 Å². The highest BCUT2D eigenvalue weighted by atomic mass is 79.9. The van der Waals surface area contributed by atoms with Crippen LogP contribution in [0.1, 0.15) is 12.8 Å². The Morgan fingerprint density at radius 1 is 1.28 bits per heavy atom. The number of allylic oxidation sites excluding steroid dienone is 2. The van der Waals surface area contributed by atoms with Crippen molar-refractivity contribution in [3.8, 4) is 0 Å². The van der Waals surface area contributed by atoms with Crippen LogP contribution in [-0.4, -0.2) is 53.9 Å². The van der Waals surface area contributed by atoms with E-state index in [1.807, 2.05) is 0 Å². The van der Waals surface area contributed by atoms with Crippen molar-refractivity contribution in [2.75, 3.05) is 31.5 Å². The number of halogens is 1. The maximum absolute atomic E-state index is 13.1. The largest absolute Gasteiger partial charge is 0.354 e. The van der Waals surface area contributed by atoms with Crippen LogP contribution in [0.2, 0.25) is 0 Å². The molecular formula is C19H22BrN5O3S. The van der Waals surface area contributed by atoms with Crippen LogP contribution in [0.3, 0.4) is 0 Å². The Kier molecular flexibility index (Phi) is 4.65. The summed E-state index contributed by atoms with van der Waals surface area (Å²) in [7, 11) is 0. The standard InChI is InChI=1S/C19H22BrN5O3S/c20-12-9-23-17(29-12)24-16(27)14-11-2-1-10(19(11)3-4-19)13(14)15(26)21-5-7-25-8-6-22-18(25)28/h1-2,9-11,13-14H,3-8H2,(H,21,26)(H,22,28)(H,23,24,27)/t10-,11+,13-,14-/m1/s1. The number of thiazole rings is 1. The first-order chi connectivity index (χ1) is 14.0. The fourth-order valence-electron chi connectivity index (χ4n) is 5.37. The molecule has 10 heteroatoms. The Bertz CT molecular complexity index is 898. The number of hydrogen-bond acceptors (Lipinski definition) is 5. The monoisotopic (exact) mass is 479 g/mol. The molecule has 154 valence electrons. The SMILES string of the molecule is O=C(NCCN1CCNC1=O)[C@H]1[C@H](C(=O)Nc2ncc(Br)s2)[C@@H]2C=C[C@H]1C21CC1. The number of carbonyl (C=O) groups excluding carboxylic acids is 3. The van der Waals surface area contributed by atoms with Gasteiger partial charge in [0.05, 0.1) is 21.8 Å². The summed E-state index contributed by atoms with van der Waals surface area (Å²) in [5.41, 5.74) is 0.0856. The number of nitrogens with one attached hydrogen (secondary N) is 3. The van der Waals surface area contributed by atoms with Crippen LogP contribution in [0, 0.1) is 29.1 Å². The summed E-state index contributed by atoms with van der Waals surface area (Å²) in [6, 6.07) is -0.0918. The molecule has 0 unspecified atom stereocenters. The lowest BCUT2D eigenvalue weighted by Crippen LogP contribution is -2.44. The van der Waals surface area contributed by atoms with Gasteiger partial charge in [-0.15, -0.1) is 0 Å². The van der Waals surface area contributed by atoms with E-state index in [9.17, 15) is 14.4 Å². The van der Waals surface area contributed by atoms with E-state index < -0.39 is 0 Å². The van der Waals surface area contributed by atoms with Gasteiger partial charge in [-0.3, -0.25) is 9.59 Å². The highest BCUT2D eigenvalue weighted by Crippen LogP contribution is 2.72. The van der Waals surface area contributed by atoms with E-state index in [-0.39, 0.29) is 46.9 Å². The third-order valence-corrected chi connectivity index (χ3v) is 8.17. The van der Waals surface area contributed by atoms with Crippen molar-refractivity contribution in [2.24, 2.45) is 29.1 Å². The Morgan fingerprint density at radius 3 is 2.59 bits per heavy atom. The van der Waals surface area contributed by atoms with Gasteiger partial charge in [-0.05, 0) is 46.0 Å². The summed E-state index contributed by atoms with van der Waals surface area (Å²) in [6.45, 7) is 2.17. The highest BCUT2D eigenvalue weighted by Gasteiger charge is 2.69. The summed E-state index contributed by atoms with van der Waals surface area (Å²) in [6.07, 6.45) is 8.07. The second-order valence-electron chi connectivity index (χ2n) is 8.19. The van der Waals surface area contributed by atoms with Crippen LogP contribution in [0.4, 0.5) is 9.93 Å². The fourth-order valence-corrected chi connectivity index (χ4v) is 6.48. The fraction of sp³-hybridized carbons (Fsp3) is 0.579. The normalized spacial score (nSPS) is 30.7. The number of hydrogen-bond donors (Lipinski definition) is 3. The van der Waals surface area contributed by atoms with E-state index in [0.29, 0.717) is 31.3 Å². The number of carbonyl (C=O) groups is 3. The van der Waals surface area contributed by atoms with Gasteiger partial charge in [0.2, 0.25) is 11.8 Å². The lowest BCUT2D eigenvalue weighted by molar-refractivity contribution is -0.132. The number of urea groups is 1. The molecule has 3 fully saturated rings. The van der Waals surface area contributed by atoms with E-state index in [1.54, 1.807) is 11.1 Å². The summed E-state index contributed by atoms with van der Waals surface area (Å²) in [4.78, 5) is 43.8. The van der Waals surface area contributed by atoms with Crippen molar-refractivity contribution < 1.29 is 14.4 Å². The van der Waals surface area contributed by atoms with Crippen LogP contribution < -0.4 is 16.0 Å². The van der Waals surface area contributed by atoms with Crippen molar-refractivity contribution >= 4 is 50.2 Å². The summed E-state index contributed by atoms with van der Waals surface area (Å²) in [5.74, 6) is -0.756. The predicted octanol–water partition coefficient (Wildman–Crippen LogP) is 1.81. The second kappa shape index (κ2) is 7.09. The van der Waals surface area contributed by atoms with E-state index >= 15 is 0 Å². The molecular weight excluding hydrogens is 458 g/mol. The molecule has 3 aliphatic carbocycles. The molecule has 4 atom stereocenters. The van der Waals surface area contributed by atoms with Gasteiger partial charge < -0.3 is 20.9 Å². The van der Waals surface area contributed by atoms with Gasteiger partial charge >= 0.3 is 6.03 Å². The molecule has 29 heavy (non-hydrogen) atoms. The third-order valence-electron chi connectivity index (χ3n) is 6.78. The van der Waals surface area contributed by atoms with E-state index in [2.05, 4.69) is 49.0 Å². The molecule has 4 amide bonds. The molecule has 1 aliphatic heterocycles. The Balaban J connectivity index is 1.28. The lowest BCUT2D eigenvalue weighted by atomic mass is 9.81. The highest BCUT2D eigenvalue weighted by molar-refractivity contribution is 9.11. The molecule has 1 spiro atoms. The zero-order valence-electron chi connectivity index (χ0n) is 15.7. The molecule has 0 radical (unpaired) electrons. The van der Waals surface area contributed by atoms with Gasteiger partial charge in [-0.1, -0.05) is 23.5 Å². The zero-order chi connectivity index (χ0) is 20.2. The van der Waals surface area contributed by atoms with Gasteiger partial charge in [0.25, 0.3) is 0 Å². The van der Waals surface area contributed by atoms with E-state index in [4.69, 9.17) is 0 Å². The van der Waals surface area contributed by atoms with Crippen molar-refractivity contribution in [3.63, 3.8) is 0 Å². The van der Waals surface area contributed by atoms with Gasteiger partial charge in [0.15, 0.2) is 5.13 Å². The molecule has 0 aromatic carbocycles. The molecule has 1 aromatic heterocycles. The minimum absolute atomic E-state index is 0.0856. The quantitative estimate of drug-likeness (QED) is 0.541. The molecule has 2 saturated carbocycles. The van der Waals surface area contributed by atoms with Gasteiger partial charge in [-0.2, -0.15) is 0 Å². The van der Waals surface area contributed by atoms with E-state index in [0.717, 1.165) is 16.6 Å². The Morgan fingerprint density at radius 2 is 2.00 bits per heavy atom. The van der Waals surface area contributed by atoms with Crippen LogP contribution in [-0.2, 0) is 9.59 Å². The number of aromatic nitrogens is 1.